The molecule has 1 aromatic heterocycles. The summed E-state index contributed by atoms with van der Waals surface area (Å²) < 4.78 is 40.6. The molecule has 0 amide bonds. The number of hydrogen-bond acceptors (Lipinski definition) is 6. The first-order valence-corrected chi connectivity index (χ1v) is 11.0. The molecule has 2 aromatic carbocycles. The van der Waals surface area contributed by atoms with E-state index in [1.54, 1.807) is 16.8 Å². The number of benzene rings is 2. The van der Waals surface area contributed by atoms with Crippen LogP contribution < -0.4 is 0 Å². The molecule has 0 spiro atoms. The maximum atomic E-state index is 14.7. The summed E-state index contributed by atoms with van der Waals surface area (Å²) in [5, 5.41) is 32.7. The van der Waals surface area contributed by atoms with E-state index in [0.29, 0.717) is 10.0 Å². The van der Waals surface area contributed by atoms with Crippen molar-refractivity contribution < 1.29 is 32.9 Å². The lowest BCUT2D eigenvalue weighted by Crippen LogP contribution is -2.10. The summed E-state index contributed by atoms with van der Waals surface area (Å²) in [5.74, 6) is -5.19. The van der Waals surface area contributed by atoms with Crippen LogP contribution in [0, 0.1) is 5.82 Å². The number of thiophene rings is 1. The zero-order valence-electron chi connectivity index (χ0n) is 13.9. The van der Waals surface area contributed by atoms with Gasteiger partial charge in [-0.3, -0.25) is 0 Å². The number of aromatic carboxylic acids is 1. The van der Waals surface area contributed by atoms with Gasteiger partial charge in [-0.2, -0.15) is 11.3 Å². The van der Waals surface area contributed by atoms with Crippen LogP contribution in [0.4, 0.5) is 4.39 Å². The van der Waals surface area contributed by atoms with Crippen molar-refractivity contribution in [3.05, 3.63) is 62.5 Å². The van der Waals surface area contributed by atoms with E-state index in [1.165, 1.54) is 29.5 Å². The van der Waals surface area contributed by atoms with Crippen LogP contribution in [0.15, 0.2) is 50.5 Å². The van der Waals surface area contributed by atoms with Crippen molar-refractivity contribution in [3.63, 3.8) is 0 Å². The molecule has 0 radical (unpaired) electrons. The summed E-state index contributed by atoms with van der Waals surface area (Å²) in [6, 6.07) is 6.46. The number of phenolic OH excluding ortho intramolecular Hbond substituents is 1. The minimum atomic E-state index is -4.18. The van der Waals surface area contributed by atoms with Crippen molar-refractivity contribution in [1.82, 2.24) is 0 Å². The Kier molecular flexibility index (Phi) is 5.46. The number of aromatic hydroxyl groups is 2. The predicted molar refractivity (Wildman–Crippen MR) is 105 cm³/mol. The van der Waals surface area contributed by atoms with Crippen LogP contribution in [0.5, 0.6) is 11.5 Å². The van der Waals surface area contributed by atoms with Gasteiger partial charge in [0.1, 0.15) is 27.8 Å². The topological polar surface area (TPSA) is 112 Å². The van der Waals surface area contributed by atoms with Gasteiger partial charge in [0.05, 0.1) is 5.75 Å². The molecule has 28 heavy (non-hydrogen) atoms. The quantitative estimate of drug-likeness (QED) is 0.492. The molecule has 1 heterocycles. The monoisotopic (exact) mass is 486 g/mol. The van der Waals surface area contributed by atoms with Crippen molar-refractivity contribution in [2.24, 2.45) is 0 Å². The third-order valence-electron chi connectivity index (χ3n) is 3.96. The summed E-state index contributed by atoms with van der Waals surface area (Å²) in [6.07, 6.45) is 0. The molecule has 146 valence electrons. The van der Waals surface area contributed by atoms with Gasteiger partial charge < -0.3 is 15.3 Å². The Morgan fingerprint density at radius 1 is 1.18 bits per heavy atom. The van der Waals surface area contributed by atoms with Gasteiger partial charge in [0.2, 0.25) is 0 Å². The van der Waals surface area contributed by atoms with E-state index < -0.39 is 49.3 Å². The maximum absolute atomic E-state index is 14.7. The van der Waals surface area contributed by atoms with Crippen LogP contribution in [-0.4, -0.2) is 29.7 Å². The summed E-state index contributed by atoms with van der Waals surface area (Å²) in [4.78, 5) is 11.1. The molecule has 3 N–H and O–H groups in total. The van der Waals surface area contributed by atoms with E-state index in [9.17, 15) is 32.9 Å². The molecule has 0 unspecified atom stereocenters. The number of phenols is 2. The second kappa shape index (κ2) is 7.53. The number of carboxylic acids is 1. The van der Waals surface area contributed by atoms with Gasteiger partial charge in [0.25, 0.3) is 0 Å². The largest absolute Gasteiger partial charge is 0.507 e. The molecular formula is C18H12BrFO6S2. The highest BCUT2D eigenvalue weighted by Gasteiger charge is 2.28. The van der Waals surface area contributed by atoms with Crippen molar-refractivity contribution in [3.8, 4) is 22.6 Å². The number of sulfone groups is 1. The average molecular weight is 487 g/mol. The first-order valence-electron chi connectivity index (χ1n) is 7.63. The van der Waals surface area contributed by atoms with E-state index in [0.717, 1.165) is 6.07 Å². The fourth-order valence-electron chi connectivity index (χ4n) is 2.66. The molecule has 0 saturated carbocycles. The van der Waals surface area contributed by atoms with Crippen molar-refractivity contribution >= 4 is 43.1 Å². The number of carbonyl (C=O) groups is 1. The zero-order chi connectivity index (χ0) is 20.6. The van der Waals surface area contributed by atoms with Crippen LogP contribution in [0.1, 0.15) is 15.9 Å². The van der Waals surface area contributed by atoms with Crippen LogP contribution >= 0.6 is 27.3 Å². The Hall–Kier alpha value is -2.43. The number of carboxylic acid groups (broad SMARTS) is 1. The lowest BCUT2D eigenvalue weighted by atomic mass is 10.00. The minimum Gasteiger partial charge on any atom is -0.507 e. The Balaban J connectivity index is 2.19. The van der Waals surface area contributed by atoms with Gasteiger partial charge in [-0.05, 0) is 46.7 Å². The van der Waals surface area contributed by atoms with Crippen molar-refractivity contribution in [1.29, 1.82) is 0 Å². The number of halogens is 2. The number of rotatable bonds is 5. The van der Waals surface area contributed by atoms with Gasteiger partial charge in [0.15, 0.2) is 9.84 Å². The van der Waals surface area contributed by atoms with Gasteiger partial charge in [-0.1, -0.05) is 15.9 Å². The maximum Gasteiger partial charge on any atom is 0.342 e. The average Bonchev–Trinajstić information content (AvgIpc) is 3.13. The normalized spacial score (nSPS) is 11.5. The highest BCUT2D eigenvalue weighted by molar-refractivity contribution is 9.10. The Labute approximate surface area is 171 Å². The van der Waals surface area contributed by atoms with E-state index in [4.69, 9.17) is 0 Å². The molecule has 0 aliphatic heterocycles. The van der Waals surface area contributed by atoms with Crippen molar-refractivity contribution in [2.45, 2.75) is 10.6 Å². The van der Waals surface area contributed by atoms with E-state index in [-0.39, 0.29) is 11.1 Å². The fourth-order valence-corrected chi connectivity index (χ4v) is 5.30. The smallest absolute Gasteiger partial charge is 0.342 e. The molecule has 0 fully saturated rings. The summed E-state index contributed by atoms with van der Waals surface area (Å²) in [7, 11) is -4.18. The first-order chi connectivity index (χ1) is 13.1. The van der Waals surface area contributed by atoms with Crippen molar-refractivity contribution in [2.75, 3.05) is 0 Å². The highest BCUT2D eigenvalue weighted by atomic mass is 79.9. The zero-order valence-corrected chi connectivity index (χ0v) is 17.1. The van der Waals surface area contributed by atoms with Gasteiger partial charge in [-0.15, -0.1) is 0 Å². The highest BCUT2D eigenvalue weighted by Crippen LogP contribution is 2.37. The van der Waals surface area contributed by atoms with E-state index >= 15 is 0 Å². The molecular weight excluding hydrogens is 475 g/mol. The lowest BCUT2D eigenvalue weighted by molar-refractivity contribution is 0.0688. The fraction of sp³-hybridized carbons (Fsp3) is 0.0556. The molecule has 0 bridgehead atoms. The first kappa shape index (κ1) is 20.3. The Morgan fingerprint density at radius 3 is 2.50 bits per heavy atom. The Bertz CT molecular complexity index is 1170. The summed E-state index contributed by atoms with van der Waals surface area (Å²) >= 11 is 4.36. The Morgan fingerprint density at radius 2 is 1.89 bits per heavy atom. The van der Waals surface area contributed by atoms with Gasteiger partial charge in [-0.25, -0.2) is 17.6 Å². The minimum absolute atomic E-state index is 0.139. The third-order valence-corrected chi connectivity index (χ3v) is 6.83. The molecule has 3 aromatic rings. The molecule has 0 saturated heterocycles. The molecule has 3 rings (SSSR count). The second-order valence-electron chi connectivity index (χ2n) is 5.81. The van der Waals surface area contributed by atoms with E-state index in [2.05, 4.69) is 15.9 Å². The molecule has 0 aliphatic rings. The van der Waals surface area contributed by atoms with Gasteiger partial charge >= 0.3 is 5.97 Å². The predicted octanol–water partition coefficient (Wildman–Crippen LogP) is 4.40. The summed E-state index contributed by atoms with van der Waals surface area (Å²) in [5.41, 5.74) is -1.08. The molecule has 10 heteroatoms. The molecule has 0 atom stereocenters. The van der Waals surface area contributed by atoms with E-state index in [1.807, 2.05) is 0 Å². The molecule has 0 aliphatic carbocycles. The molecule has 6 nitrogen and oxygen atoms in total. The van der Waals surface area contributed by atoms with Crippen LogP contribution in [0.2, 0.25) is 0 Å². The lowest BCUT2D eigenvalue weighted by Gasteiger charge is -2.13. The van der Waals surface area contributed by atoms with Gasteiger partial charge in [0, 0.05) is 15.6 Å². The SMILES string of the molecule is O=C(O)c1c(O)c(CS(=O)(=O)c2cc(Br)ccc2O)cc(-c2ccsc2)c1F. The third kappa shape index (κ3) is 3.75. The standard InChI is InChI=1S/C18H12BrFO6S2/c19-11-1-2-13(21)14(6-11)28(25,26)8-10-5-12(9-3-4-27-7-9)16(20)15(17(10)22)18(23)24/h1-7,21-22H,8H2,(H,23,24). The van der Waals surface area contributed by atoms with Crippen LogP contribution in [0.3, 0.4) is 0 Å². The van der Waals surface area contributed by atoms with Crippen LogP contribution in [-0.2, 0) is 15.6 Å². The summed E-state index contributed by atoms with van der Waals surface area (Å²) in [6.45, 7) is 0. The second-order valence-corrected chi connectivity index (χ2v) is 9.46. The van der Waals surface area contributed by atoms with Crippen LogP contribution in [0.25, 0.3) is 11.1 Å². The number of hydrogen-bond donors (Lipinski definition) is 3.